The summed E-state index contributed by atoms with van der Waals surface area (Å²) in [5.41, 5.74) is 1.00. The molecule has 0 saturated carbocycles. The number of carbonyl (C=O) groups is 1. The lowest BCUT2D eigenvalue weighted by atomic mass is 10.1. The van der Waals surface area contributed by atoms with E-state index in [1.807, 2.05) is 24.3 Å². The number of nitrogens with one attached hydrogen (secondary N) is 1. The van der Waals surface area contributed by atoms with Crippen LogP contribution in [0.3, 0.4) is 0 Å². The first kappa shape index (κ1) is 23.1. The molecule has 0 unspecified atom stereocenters. The largest absolute Gasteiger partial charge is 0.492 e. The van der Waals surface area contributed by atoms with Crippen LogP contribution in [0.2, 0.25) is 0 Å². The van der Waals surface area contributed by atoms with Gasteiger partial charge in [-0.05, 0) is 30.2 Å². The molecule has 2 aromatic rings. The van der Waals surface area contributed by atoms with E-state index in [-0.39, 0.29) is 24.5 Å². The second-order valence-corrected chi connectivity index (χ2v) is 8.55. The van der Waals surface area contributed by atoms with Crippen molar-refractivity contribution in [2.75, 3.05) is 30.3 Å². The number of benzene rings is 2. The van der Waals surface area contributed by atoms with Gasteiger partial charge in [-0.2, -0.15) is 0 Å². The summed E-state index contributed by atoms with van der Waals surface area (Å²) in [7, 11) is -3.82. The summed E-state index contributed by atoms with van der Waals surface area (Å²) >= 11 is 0. The van der Waals surface area contributed by atoms with Crippen LogP contribution in [0.4, 0.5) is 11.4 Å². The second kappa shape index (κ2) is 10.6. The smallest absolute Gasteiger partial charge is 0.271 e. The summed E-state index contributed by atoms with van der Waals surface area (Å²) in [5.74, 6) is 0.132. The van der Waals surface area contributed by atoms with E-state index in [0.29, 0.717) is 5.75 Å². The molecule has 0 aliphatic rings. The van der Waals surface area contributed by atoms with Crippen LogP contribution in [-0.4, -0.2) is 45.2 Å². The fourth-order valence-corrected chi connectivity index (χ4v) is 3.60. The monoisotopic (exact) mass is 435 g/mol. The zero-order valence-corrected chi connectivity index (χ0v) is 17.7. The normalized spacial score (nSPS) is 11.0. The zero-order valence-electron chi connectivity index (χ0n) is 16.9. The Morgan fingerprint density at radius 2 is 1.90 bits per heavy atom. The van der Waals surface area contributed by atoms with Gasteiger partial charge in [0.25, 0.3) is 5.69 Å². The summed E-state index contributed by atoms with van der Waals surface area (Å²) < 4.78 is 30.6. The quantitative estimate of drug-likeness (QED) is 0.329. The highest BCUT2D eigenvalue weighted by Crippen LogP contribution is 2.22. The van der Waals surface area contributed by atoms with E-state index >= 15 is 0 Å². The minimum absolute atomic E-state index is 0.0465. The highest BCUT2D eigenvalue weighted by molar-refractivity contribution is 7.92. The fourth-order valence-electron chi connectivity index (χ4n) is 2.75. The third-order valence-corrected chi connectivity index (χ3v) is 5.31. The predicted octanol–water partition coefficient (Wildman–Crippen LogP) is 2.51. The maximum atomic E-state index is 12.2. The maximum Gasteiger partial charge on any atom is 0.271 e. The van der Waals surface area contributed by atoms with Gasteiger partial charge in [0.2, 0.25) is 15.9 Å². The van der Waals surface area contributed by atoms with Crippen molar-refractivity contribution in [3.63, 3.8) is 0 Å². The van der Waals surface area contributed by atoms with E-state index < -0.39 is 27.4 Å². The molecule has 1 amide bonds. The molecule has 9 nitrogen and oxygen atoms in total. The zero-order chi connectivity index (χ0) is 22.1. The second-order valence-electron chi connectivity index (χ2n) is 6.64. The van der Waals surface area contributed by atoms with Crippen molar-refractivity contribution in [1.29, 1.82) is 0 Å². The molecule has 0 fully saturated rings. The molecule has 10 heteroatoms. The first-order valence-electron chi connectivity index (χ1n) is 9.41. The molecule has 0 bridgehead atoms. The van der Waals surface area contributed by atoms with Crippen molar-refractivity contribution in [1.82, 2.24) is 5.32 Å². The van der Waals surface area contributed by atoms with Gasteiger partial charge in [0.1, 0.15) is 18.9 Å². The highest BCUT2D eigenvalue weighted by Gasteiger charge is 2.22. The van der Waals surface area contributed by atoms with Crippen molar-refractivity contribution >= 4 is 27.3 Å². The Bertz CT molecular complexity index is 976. The van der Waals surface area contributed by atoms with Gasteiger partial charge in [0.15, 0.2) is 0 Å². The number of non-ortho nitro benzene ring substituents is 1. The van der Waals surface area contributed by atoms with E-state index in [1.54, 1.807) is 0 Å². The predicted molar refractivity (Wildman–Crippen MR) is 114 cm³/mol. The van der Waals surface area contributed by atoms with E-state index in [2.05, 4.69) is 12.2 Å². The van der Waals surface area contributed by atoms with Crippen LogP contribution in [0.25, 0.3) is 0 Å². The standard InChI is InChI=1S/C20H25N3O6S/c1-3-5-16-8-10-19(11-9-16)29-13-12-21-20(24)15-22(30(2,27)28)17-6-4-7-18(14-17)23(25)26/h4,6-11,14H,3,5,12-13,15H2,1-2H3,(H,21,24). The Balaban J connectivity index is 1.90. The van der Waals surface area contributed by atoms with Crippen LogP contribution in [-0.2, 0) is 21.2 Å². The van der Waals surface area contributed by atoms with Gasteiger partial charge < -0.3 is 10.1 Å². The van der Waals surface area contributed by atoms with Crippen LogP contribution in [0.15, 0.2) is 48.5 Å². The molecule has 1 N–H and O–H groups in total. The number of sulfonamides is 1. The third-order valence-electron chi connectivity index (χ3n) is 4.17. The van der Waals surface area contributed by atoms with Gasteiger partial charge in [-0.25, -0.2) is 8.42 Å². The number of aryl methyl sites for hydroxylation is 1. The number of nitro groups is 1. The number of nitro benzene ring substituents is 1. The van der Waals surface area contributed by atoms with Crippen LogP contribution >= 0.6 is 0 Å². The number of anilines is 1. The Morgan fingerprint density at radius 3 is 2.50 bits per heavy atom. The Labute approximate surface area is 175 Å². The topological polar surface area (TPSA) is 119 Å². The molecule has 162 valence electrons. The van der Waals surface area contributed by atoms with Crippen LogP contribution < -0.4 is 14.4 Å². The summed E-state index contributed by atoms with van der Waals surface area (Å²) in [6, 6.07) is 12.8. The molecular formula is C20H25N3O6S. The number of ether oxygens (including phenoxy) is 1. The number of hydrogen-bond acceptors (Lipinski definition) is 6. The molecule has 0 spiro atoms. The van der Waals surface area contributed by atoms with Crippen LogP contribution in [0.1, 0.15) is 18.9 Å². The molecule has 2 rings (SSSR count). The van der Waals surface area contributed by atoms with Crippen molar-refractivity contribution in [2.24, 2.45) is 0 Å². The third kappa shape index (κ3) is 7.03. The highest BCUT2D eigenvalue weighted by atomic mass is 32.2. The molecule has 0 atom stereocenters. The average Bonchev–Trinajstić information content (AvgIpc) is 2.70. The van der Waals surface area contributed by atoms with Crippen molar-refractivity contribution in [3.05, 3.63) is 64.2 Å². The van der Waals surface area contributed by atoms with E-state index in [0.717, 1.165) is 29.5 Å². The average molecular weight is 436 g/mol. The SMILES string of the molecule is CCCc1ccc(OCCNC(=O)CN(c2cccc([N+](=O)[O-])c2)S(C)(=O)=O)cc1. The number of carbonyl (C=O) groups excluding carboxylic acids is 1. The number of hydrogen-bond donors (Lipinski definition) is 1. The van der Waals surface area contributed by atoms with Gasteiger partial charge in [0.05, 0.1) is 23.4 Å². The first-order valence-corrected chi connectivity index (χ1v) is 11.3. The molecule has 30 heavy (non-hydrogen) atoms. The van der Waals surface area contributed by atoms with Crippen LogP contribution in [0, 0.1) is 10.1 Å². The Kier molecular flexibility index (Phi) is 8.16. The van der Waals surface area contributed by atoms with Gasteiger partial charge in [-0.15, -0.1) is 0 Å². The fraction of sp³-hybridized carbons (Fsp3) is 0.350. The van der Waals surface area contributed by atoms with Crippen molar-refractivity contribution in [2.45, 2.75) is 19.8 Å². The minimum atomic E-state index is -3.82. The lowest BCUT2D eigenvalue weighted by Crippen LogP contribution is -2.41. The van der Waals surface area contributed by atoms with Gasteiger partial charge >= 0.3 is 0 Å². The van der Waals surface area contributed by atoms with E-state index in [4.69, 9.17) is 4.74 Å². The molecule has 0 aromatic heterocycles. The number of nitrogens with zero attached hydrogens (tertiary/aromatic N) is 2. The summed E-state index contributed by atoms with van der Waals surface area (Å²) in [5, 5.41) is 13.5. The summed E-state index contributed by atoms with van der Waals surface area (Å²) in [6.45, 7) is 2.01. The molecule has 0 aliphatic heterocycles. The maximum absolute atomic E-state index is 12.2. The summed E-state index contributed by atoms with van der Waals surface area (Å²) in [6.07, 6.45) is 3.00. The molecule has 0 saturated heterocycles. The minimum Gasteiger partial charge on any atom is -0.492 e. The van der Waals surface area contributed by atoms with Gasteiger partial charge in [-0.3, -0.25) is 19.2 Å². The summed E-state index contributed by atoms with van der Waals surface area (Å²) in [4.78, 5) is 22.5. The molecule has 0 heterocycles. The van der Waals surface area contributed by atoms with Crippen molar-refractivity contribution < 1.29 is 22.9 Å². The molecular weight excluding hydrogens is 410 g/mol. The number of rotatable bonds is 11. The Hall–Kier alpha value is -3.14. The lowest BCUT2D eigenvalue weighted by Gasteiger charge is -2.21. The van der Waals surface area contributed by atoms with E-state index in [1.165, 1.54) is 23.8 Å². The first-order chi connectivity index (χ1) is 14.2. The van der Waals surface area contributed by atoms with Gasteiger partial charge in [0, 0.05) is 12.1 Å². The Morgan fingerprint density at radius 1 is 1.20 bits per heavy atom. The van der Waals surface area contributed by atoms with Gasteiger partial charge in [-0.1, -0.05) is 31.5 Å². The molecule has 2 aromatic carbocycles. The molecule has 0 radical (unpaired) electrons. The van der Waals surface area contributed by atoms with Crippen molar-refractivity contribution in [3.8, 4) is 5.75 Å². The number of amides is 1. The lowest BCUT2D eigenvalue weighted by molar-refractivity contribution is -0.384. The van der Waals surface area contributed by atoms with E-state index in [9.17, 15) is 23.3 Å². The van der Waals surface area contributed by atoms with Crippen LogP contribution in [0.5, 0.6) is 5.75 Å². The molecule has 0 aliphatic carbocycles.